The number of phenols is 1. The largest absolute Gasteiger partial charge is 0.503 e. The first-order valence-corrected chi connectivity index (χ1v) is 11.0. The molecule has 0 bridgehead atoms. The summed E-state index contributed by atoms with van der Waals surface area (Å²) in [7, 11) is 1.46. The zero-order chi connectivity index (χ0) is 26.5. The van der Waals surface area contributed by atoms with E-state index in [0.29, 0.717) is 31.9 Å². The Morgan fingerprint density at radius 3 is 2.43 bits per heavy atom. The summed E-state index contributed by atoms with van der Waals surface area (Å²) in [6.45, 7) is 1.58. The summed E-state index contributed by atoms with van der Waals surface area (Å²) in [6.07, 6.45) is -2.35. The molecule has 192 valence electrons. The van der Waals surface area contributed by atoms with E-state index in [4.69, 9.17) is 0 Å². The van der Waals surface area contributed by atoms with Crippen molar-refractivity contribution in [3.8, 4) is 17.0 Å². The number of hydrogen-bond donors (Lipinski definition) is 1. The number of rotatable bonds is 3. The zero-order valence-corrected chi connectivity index (χ0v) is 19.2. The molecule has 1 aliphatic heterocycles. The van der Waals surface area contributed by atoms with Gasteiger partial charge >= 0.3 is 6.18 Å². The molecule has 1 aliphatic rings. The predicted octanol–water partition coefficient (Wildman–Crippen LogP) is 3.39. The maximum Gasteiger partial charge on any atom is 0.419 e. The molecule has 9 nitrogen and oxygen atoms in total. The first kappa shape index (κ1) is 24.3. The Hall–Kier alpha value is -4.36. The third-order valence-electron chi connectivity index (χ3n) is 6.04. The van der Waals surface area contributed by atoms with Gasteiger partial charge in [0.25, 0.3) is 5.91 Å². The van der Waals surface area contributed by atoms with Gasteiger partial charge < -0.3 is 14.9 Å². The molecule has 4 aromatic rings. The lowest BCUT2D eigenvalue weighted by Crippen LogP contribution is -2.49. The molecule has 0 atom stereocenters. The Morgan fingerprint density at radius 1 is 1.05 bits per heavy atom. The van der Waals surface area contributed by atoms with E-state index in [1.807, 2.05) is 4.90 Å². The Kier molecular flexibility index (Phi) is 5.88. The first-order valence-electron chi connectivity index (χ1n) is 11.0. The highest BCUT2D eigenvalue weighted by Crippen LogP contribution is 2.41. The lowest BCUT2D eigenvalue weighted by atomic mass is 10.0. The molecule has 3 aromatic heterocycles. The van der Waals surface area contributed by atoms with Crippen molar-refractivity contribution in [3.05, 3.63) is 59.6 Å². The summed E-state index contributed by atoms with van der Waals surface area (Å²) in [4.78, 5) is 28.9. The molecule has 4 heterocycles. The molecule has 37 heavy (non-hydrogen) atoms. The zero-order valence-electron chi connectivity index (χ0n) is 19.2. The highest BCUT2D eigenvalue weighted by atomic mass is 19.4. The second kappa shape index (κ2) is 8.94. The molecular weight excluding hydrogens is 501 g/mol. The van der Waals surface area contributed by atoms with Crippen LogP contribution in [-0.2, 0) is 13.2 Å². The number of aryl methyl sites for hydroxylation is 1. The molecular formula is C23H18F5N7O2. The Bertz CT molecular complexity index is 1500. The number of halogens is 5. The number of aromatic hydroxyl groups is 1. The minimum absolute atomic E-state index is 0.105. The Labute approximate surface area is 205 Å². The van der Waals surface area contributed by atoms with Crippen LogP contribution in [-0.4, -0.2) is 66.8 Å². The third kappa shape index (κ3) is 4.27. The van der Waals surface area contributed by atoms with Crippen LogP contribution in [0, 0.1) is 11.6 Å². The van der Waals surface area contributed by atoms with Gasteiger partial charge in [-0.1, -0.05) is 6.07 Å². The van der Waals surface area contributed by atoms with Gasteiger partial charge in [-0.05, 0) is 18.2 Å². The van der Waals surface area contributed by atoms with Gasteiger partial charge in [-0.15, -0.1) is 0 Å². The maximum atomic E-state index is 14.7. The van der Waals surface area contributed by atoms with Crippen molar-refractivity contribution in [2.45, 2.75) is 6.18 Å². The number of carbonyl (C=O) groups excluding carboxylic acids is 1. The molecule has 14 heteroatoms. The summed E-state index contributed by atoms with van der Waals surface area (Å²) < 4.78 is 69.5. The van der Waals surface area contributed by atoms with Gasteiger partial charge in [-0.3, -0.25) is 9.78 Å². The number of benzene rings is 1. The summed E-state index contributed by atoms with van der Waals surface area (Å²) in [5, 5.41) is 13.8. The number of alkyl halides is 3. The van der Waals surface area contributed by atoms with E-state index in [1.54, 1.807) is 23.1 Å². The van der Waals surface area contributed by atoms with Gasteiger partial charge in [0, 0.05) is 51.2 Å². The van der Waals surface area contributed by atoms with Crippen molar-refractivity contribution in [3.63, 3.8) is 0 Å². The van der Waals surface area contributed by atoms with Gasteiger partial charge in [-0.25, -0.2) is 18.4 Å². The molecule has 1 saturated heterocycles. The average molecular weight is 519 g/mol. The Balaban J connectivity index is 1.44. The van der Waals surface area contributed by atoms with Crippen molar-refractivity contribution >= 4 is 22.9 Å². The SMILES string of the molecule is Cn1nc(-c2cc(C(F)(F)F)c(F)c(O)c2F)c2cnc(N3CCN(C(=O)c4ccccn4)CC3)nc21. The van der Waals surface area contributed by atoms with Crippen LogP contribution in [0.3, 0.4) is 0 Å². The Morgan fingerprint density at radius 2 is 1.78 bits per heavy atom. The molecule has 0 saturated carbocycles. The molecule has 1 aromatic carbocycles. The maximum absolute atomic E-state index is 14.7. The van der Waals surface area contributed by atoms with Crippen LogP contribution in [0.25, 0.3) is 22.3 Å². The first-order chi connectivity index (χ1) is 17.6. The van der Waals surface area contributed by atoms with Crippen molar-refractivity contribution < 1.29 is 31.9 Å². The number of pyridine rings is 1. The summed E-state index contributed by atoms with van der Waals surface area (Å²) in [6, 6.07) is 5.34. The van der Waals surface area contributed by atoms with Crippen LogP contribution in [0.15, 0.2) is 36.7 Å². The number of fused-ring (bicyclic) bond motifs is 1. The lowest BCUT2D eigenvalue weighted by molar-refractivity contribution is -0.140. The minimum atomic E-state index is -5.17. The minimum Gasteiger partial charge on any atom is -0.503 e. The number of piperazine rings is 1. The number of phenolic OH excluding ortho intramolecular Hbond substituents is 1. The normalized spacial score (nSPS) is 14.4. The van der Waals surface area contributed by atoms with Crippen LogP contribution < -0.4 is 4.90 Å². The quantitative estimate of drug-likeness (QED) is 0.414. The fourth-order valence-electron chi connectivity index (χ4n) is 4.14. The molecule has 0 radical (unpaired) electrons. The topological polar surface area (TPSA) is 100 Å². The van der Waals surface area contributed by atoms with Gasteiger partial charge in [0.1, 0.15) is 11.4 Å². The van der Waals surface area contributed by atoms with E-state index >= 15 is 0 Å². The van der Waals surface area contributed by atoms with Gasteiger partial charge in [-0.2, -0.15) is 23.3 Å². The van der Waals surface area contributed by atoms with E-state index in [2.05, 4.69) is 20.1 Å². The van der Waals surface area contributed by atoms with E-state index in [-0.39, 0.29) is 34.6 Å². The van der Waals surface area contributed by atoms with E-state index in [0.717, 1.165) is 0 Å². The van der Waals surface area contributed by atoms with Crippen molar-refractivity contribution in [1.82, 2.24) is 29.6 Å². The molecule has 0 spiro atoms. The fraction of sp³-hybridized carbons (Fsp3) is 0.261. The number of aromatic nitrogens is 5. The van der Waals surface area contributed by atoms with Gasteiger partial charge in [0.05, 0.1) is 10.9 Å². The smallest absolute Gasteiger partial charge is 0.419 e. The van der Waals surface area contributed by atoms with Crippen molar-refractivity contribution in [1.29, 1.82) is 0 Å². The molecule has 1 N–H and O–H groups in total. The molecule has 1 fully saturated rings. The molecule has 1 amide bonds. The van der Waals surface area contributed by atoms with Crippen LogP contribution in [0.1, 0.15) is 16.1 Å². The van der Waals surface area contributed by atoms with E-state index < -0.39 is 34.7 Å². The second-order valence-electron chi connectivity index (χ2n) is 8.32. The van der Waals surface area contributed by atoms with Gasteiger partial charge in [0.15, 0.2) is 23.0 Å². The summed E-state index contributed by atoms with van der Waals surface area (Å²) >= 11 is 0. The van der Waals surface area contributed by atoms with E-state index in [1.165, 1.54) is 24.1 Å². The number of hydrogen-bond acceptors (Lipinski definition) is 7. The molecule has 5 rings (SSSR count). The monoisotopic (exact) mass is 519 g/mol. The van der Waals surface area contributed by atoms with Crippen LogP contribution >= 0.6 is 0 Å². The van der Waals surface area contributed by atoms with Crippen molar-refractivity contribution in [2.24, 2.45) is 7.05 Å². The average Bonchev–Trinajstić information content (AvgIpc) is 3.22. The summed E-state index contributed by atoms with van der Waals surface area (Å²) in [5.74, 6) is -5.35. The predicted molar refractivity (Wildman–Crippen MR) is 121 cm³/mol. The highest BCUT2D eigenvalue weighted by Gasteiger charge is 2.38. The van der Waals surface area contributed by atoms with Crippen LogP contribution in [0.2, 0.25) is 0 Å². The van der Waals surface area contributed by atoms with Crippen molar-refractivity contribution in [2.75, 3.05) is 31.1 Å². The number of nitrogens with zero attached hydrogens (tertiary/aromatic N) is 7. The second-order valence-corrected chi connectivity index (χ2v) is 8.32. The van der Waals surface area contributed by atoms with E-state index in [9.17, 15) is 31.9 Å². The molecule has 0 aliphatic carbocycles. The van der Waals surface area contributed by atoms with Gasteiger partial charge in [0.2, 0.25) is 5.95 Å². The summed E-state index contributed by atoms with van der Waals surface area (Å²) in [5.41, 5.74) is -2.33. The number of amides is 1. The fourth-order valence-corrected chi connectivity index (χ4v) is 4.14. The standard InChI is InChI=1S/C23H18F5N7O2/c1-33-20-13(18(32-33)12-10-14(23(26,27)28)17(25)19(36)16(12)24)11-30-22(31-20)35-8-6-34(7-9-35)21(37)15-4-2-3-5-29-15/h2-5,10-11,36H,6-9H2,1H3. The lowest BCUT2D eigenvalue weighted by Gasteiger charge is -2.34. The van der Waals surface area contributed by atoms with Crippen LogP contribution in [0.5, 0.6) is 5.75 Å². The number of anilines is 1. The highest BCUT2D eigenvalue weighted by molar-refractivity contribution is 5.93. The molecule has 0 unspecified atom stereocenters. The van der Waals surface area contributed by atoms with Crippen LogP contribution in [0.4, 0.5) is 27.9 Å². The number of carbonyl (C=O) groups is 1. The third-order valence-corrected chi connectivity index (χ3v) is 6.04.